The number of nitrogens with one attached hydrogen (secondary N) is 1. The summed E-state index contributed by atoms with van der Waals surface area (Å²) >= 11 is 9.25. The summed E-state index contributed by atoms with van der Waals surface area (Å²) in [5.74, 6) is -1.81. The largest absolute Gasteiger partial charge is 0.305 e. The molecule has 7 heteroatoms. The van der Waals surface area contributed by atoms with Crippen LogP contribution in [0.25, 0.3) is 0 Å². The van der Waals surface area contributed by atoms with Crippen molar-refractivity contribution in [2.24, 2.45) is 7.05 Å². The first-order chi connectivity index (χ1) is 9.47. The molecule has 1 atom stereocenters. The molecule has 1 N–H and O–H groups in total. The second kappa shape index (κ2) is 6.20. The van der Waals surface area contributed by atoms with Crippen LogP contribution in [0.5, 0.6) is 0 Å². The molecule has 1 heterocycles. The maximum Gasteiger partial charge on any atom is 0.173 e. The van der Waals surface area contributed by atoms with E-state index in [2.05, 4.69) is 26.3 Å². The van der Waals surface area contributed by atoms with Crippen LogP contribution in [-0.2, 0) is 7.05 Å². The quantitative estimate of drug-likeness (QED) is 0.836. The summed E-state index contributed by atoms with van der Waals surface area (Å²) in [5, 5.41) is 7.75. The summed E-state index contributed by atoms with van der Waals surface area (Å²) < 4.78 is 28.7. The van der Waals surface area contributed by atoms with Crippen molar-refractivity contribution in [2.45, 2.75) is 13.0 Å². The lowest BCUT2D eigenvalue weighted by Gasteiger charge is -2.21. The van der Waals surface area contributed by atoms with Gasteiger partial charge in [0.15, 0.2) is 11.6 Å². The van der Waals surface area contributed by atoms with Crippen LogP contribution in [-0.4, -0.2) is 16.3 Å². The van der Waals surface area contributed by atoms with E-state index < -0.39 is 11.6 Å². The fourth-order valence-corrected chi connectivity index (χ4v) is 2.89. The Kier molecular flexibility index (Phi) is 4.78. The van der Waals surface area contributed by atoms with Gasteiger partial charge < -0.3 is 5.32 Å². The molecule has 2 rings (SSSR count). The molecule has 3 nitrogen and oxygen atoms in total. The lowest BCUT2D eigenvalue weighted by atomic mass is 10.0. The summed E-state index contributed by atoms with van der Waals surface area (Å²) in [7, 11) is 1.75. The van der Waals surface area contributed by atoms with Gasteiger partial charge in [-0.2, -0.15) is 5.10 Å². The molecule has 0 saturated carbocycles. The Balaban J connectivity index is 2.58. The van der Waals surface area contributed by atoms with Crippen molar-refractivity contribution < 1.29 is 8.78 Å². The third kappa shape index (κ3) is 2.73. The minimum Gasteiger partial charge on any atom is -0.305 e. The van der Waals surface area contributed by atoms with Crippen LogP contribution in [0.4, 0.5) is 8.78 Å². The molecule has 0 aliphatic heterocycles. The summed E-state index contributed by atoms with van der Waals surface area (Å²) in [6.07, 6.45) is 1.52. The van der Waals surface area contributed by atoms with Crippen molar-refractivity contribution >= 4 is 27.5 Å². The second-order valence-corrected chi connectivity index (χ2v) is 5.46. The highest BCUT2D eigenvalue weighted by molar-refractivity contribution is 9.10. The smallest absolute Gasteiger partial charge is 0.173 e. The summed E-state index contributed by atoms with van der Waals surface area (Å²) in [5.41, 5.74) is 1.26. The van der Waals surface area contributed by atoms with Crippen molar-refractivity contribution in [1.29, 1.82) is 0 Å². The second-order valence-electron chi connectivity index (χ2n) is 4.26. The van der Waals surface area contributed by atoms with Gasteiger partial charge in [-0.25, -0.2) is 8.78 Å². The first-order valence-corrected chi connectivity index (χ1v) is 7.18. The van der Waals surface area contributed by atoms with Crippen LogP contribution >= 0.6 is 27.5 Å². The van der Waals surface area contributed by atoms with Crippen molar-refractivity contribution in [1.82, 2.24) is 15.1 Å². The fraction of sp³-hybridized carbons (Fsp3) is 0.308. The zero-order valence-corrected chi connectivity index (χ0v) is 13.3. The van der Waals surface area contributed by atoms with Gasteiger partial charge in [-0.3, -0.25) is 4.68 Å². The average Bonchev–Trinajstić information content (AvgIpc) is 2.74. The highest BCUT2D eigenvalue weighted by Gasteiger charge is 2.24. The Morgan fingerprint density at radius 1 is 1.45 bits per heavy atom. The van der Waals surface area contributed by atoms with Gasteiger partial charge in [0.2, 0.25) is 0 Å². The zero-order chi connectivity index (χ0) is 14.9. The molecule has 20 heavy (non-hydrogen) atoms. The van der Waals surface area contributed by atoms with E-state index in [-0.39, 0.29) is 10.5 Å². The highest BCUT2D eigenvalue weighted by Crippen LogP contribution is 2.34. The Bertz CT molecular complexity index is 611. The monoisotopic (exact) mass is 363 g/mol. The SMILES string of the molecule is CCNC(c1ccc(F)c(F)c1Br)c1c(Cl)cnn1C. The number of aryl methyl sites for hydroxylation is 1. The Hall–Kier alpha value is -0.980. The van der Waals surface area contributed by atoms with E-state index in [1.54, 1.807) is 11.7 Å². The Labute approximate surface area is 129 Å². The van der Waals surface area contributed by atoms with Gasteiger partial charge in [-0.15, -0.1) is 0 Å². The first kappa shape index (κ1) is 15.4. The number of halogens is 4. The molecular weight excluding hydrogens is 352 g/mol. The van der Waals surface area contributed by atoms with Crippen molar-refractivity contribution in [2.75, 3.05) is 6.54 Å². The number of hydrogen-bond acceptors (Lipinski definition) is 2. The third-order valence-electron chi connectivity index (χ3n) is 3.00. The molecule has 2 aromatic rings. The maximum absolute atomic E-state index is 13.7. The van der Waals surface area contributed by atoms with Crippen LogP contribution in [0.2, 0.25) is 5.02 Å². The number of hydrogen-bond donors (Lipinski definition) is 1. The van der Waals surface area contributed by atoms with E-state index >= 15 is 0 Å². The van der Waals surface area contributed by atoms with Crippen LogP contribution in [0.15, 0.2) is 22.8 Å². The van der Waals surface area contributed by atoms with E-state index in [1.807, 2.05) is 6.92 Å². The van der Waals surface area contributed by atoms with E-state index in [9.17, 15) is 8.78 Å². The minimum atomic E-state index is -0.913. The summed E-state index contributed by atoms with van der Waals surface area (Å²) in [6, 6.07) is 2.24. The van der Waals surface area contributed by atoms with Gasteiger partial charge in [-0.05, 0) is 34.1 Å². The van der Waals surface area contributed by atoms with Gasteiger partial charge in [0.1, 0.15) is 0 Å². The molecule has 0 aliphatic rings. The van der Waals surface area contributed by atoms with E-state index in [1.165, 1.54) is 12.3 Å². The predicted octanol–water partition coefficient (Wildman–Crippen LogP) is 3.81. The molecule has 0 saturated heterocycles. The fourth-order valence-electron chi connectivity index (χ4n) is 2.07. The summed E-state index contributed by atoms with van der Waals surface area (Å²) in [4.78, 5) is 0. The van der Waals surface area contributed by atoms with Crippen LogP contribution in [0, 0.1) is 11.6 Å². The molecule has 0 aliphatic carbocycles. The van der Waals surface area contributed by atoms with Crippen LogP contribution < -0.4 is 5.32 Å². The normalized spacial score (nSPS) is 12.7. The Morgan fingerprint density at radius 2 is 2.15 bits per heavy atom. The molecule has 1 unspecified atom stereocenters. The molecule has 0 bridgehead atoms. The molecule has 0 radical (unpaired) electrons. The molecule has 0 amide bonds. The van der Waals surface area contributed by atoms with E-state index in [4.69, 9.17) is 11.6 Å². The molecule has 0 spiro atoms. The number of nitrogens with zero attached hydrogens (tertiary/aromatic N) is 2. The highest BCUT2D eigenvalue weighted by atomic mass is 79.9. The van der Waals surface area contributed by atoms with E-state index in [0.717, 1.165) is 6.07 Å². The van der Waals surface area contributed by atoms with Crippen molar-refractivity contribution in [3.05, 3.63) is 50.7 Å². The molecular formula is C13H13BrClF2N3. The standard InChI is InChI=1S/C13H13BrClF2N3/c1-3-18-12(13-8(15)6-19-20(13)2)7-4-5-9(16)11(17)10(7)14/h4-6,12,18H,3H2,1-2H3. The number of aromatic nitrogens is 2. The summed E-state index contributed by atoms with van der Waals surface area (Å²) in [6.45, 7) is 2.56. The zero-order valence-electron chi connectivity index (χ0n) is 10.9. The average molecular weight is 365 g/mol. The molecule has 108 valence electrons. The van der Waals surface area contributed by atoms with Gasteiger partial charge >= 0.3 is 0 Å². The topological polar surface area (TPSA) is 29.9 Å². The molecule has 1 aromatic carbocycles. The van der Waals surface area contributed by atoms with Gasteiger partial charge in [0, 0.05) is 7.05 Å². The minimum absolute atomic E-state index is 0.0840. The number of rotatable bonds is 4. The maximum atomic E-state index is 13.7. The van der Waals surface area contributed by atoms with Crippen molar-refractivity contribution in [3.8, 4) is 0 Å². The third-order valence-corrected chi connectivity index (χ3v) is 4.09. The number of benzene rings is 1. The van der Waals surface area contributed by atoms with Crippen molar-refractivity contribution in [3.63, 3.8) is 0 Å². The Morgan fingerprint density at radius 3 is 2.70 bits per heavy atom. The van der Waals surface area contributed by atoms with E-state index in [0.29, 0.717) is 22.8 Å². The molecule has 0 fully saturated rings. The van der Waals surface area contributed by atoms with Gasteiger partial charge in [0.25, 0.3) is 0 Å². The van der Waals surface area contributed by atoms with Gasteiger partial charge in [-0.1, -0.05) is 24.6 Å². The molecule has 1 aromatic heterocycles. The van der Waals surface area contributed by atoms with Crippen LogP contribution in [0.3, 0.4) is 0 Å². The first-order valence-electron chi connectivity index (χ1n) is 6.01. The lowest BCUT2D eigenvalue weighted by Crippen LogP contribution is -2.25. The van der Waals surface area contributed by atoms with Gasteiger partial charge in [0.05, 0.1) is 27.4 Å². The predicted molar refractivity (Wildman–Crippen MR) is 77.8 cm³/mol. The lowest BCUT2D eigenvalue weighted by molar-refractivity contribution is 0.496. The van der Waals surface area contributed by atoms with Crippen LogP contribution in [0.1, 0.15) is 24.2 Å².